The van der Waals surface area contributed by atoms with Gasteiger partial charge in [0.15, 0.2) is 5.82 Å². The first-order chi connectivity index (χ1) is 13.5. The SMILES string of the molecule is CCc1nc(Nc2cc(C3CC3)[nH]n2)nc(NC(C)c2ncc(F)cc2F)n1. The second-order valence-corrected chi connectivity index (χ2v) is 6.75. The maximum Gasteiger partial charge on any atom is 0.233 e. The van der Waals surface area contributed by atoms with Crippen LogP contribution in [-0.2, 0) is 6.42 Å². The van der Waals surface area contributed by atoms with E-state index in [0.717, 1.165) is 18.0 Å². The van der Waals surface area contributed by atoms with E-state index in [0.29, 0.717) is 29.9 Å². The molecule has 3 heterocycles. The molecule has 0 radical (unpaired) electrons. The zero-order chi connectivity index (χ0) is 19.7. The standard InChI is InChI=1S/C18H20F2N8/c1-3-14-23-17(22-9(2)16-12(20)6-11(19)8-21-16)26-18(24-14)25-15-7-13(27-28-15)10-4-5-10/h6-10H,3-5H2,1-2H3,(H3,22,23,24,25,26,27,28). The van der Waals surface area contributed by atoms with Crippen LogP contribution in [-0.4, -0.2) is 30.1 Å². The van der Waals surface area contributed by atoms with E-state index in [2.05, 4.69) is 40.8 Å². The molecule has 0 aromatic carbocycles. The average Bonchev–Trinajstić information content (AvgIpc) is 3.41. The zero-order valence-electron chi connectivity index (χ0n) is 15.5. The van der Waals surface area contributed by atoms with Crippen LogP contribution >= 0.6 is 0 Å². The fourth-order valence-corrected chi connectivity index (χ4v) is 2.82. The van der Waals surface area contributed by atoms with Gasteiger partial charge in [-0.3, -0.25) is 10.1 Å². The minimum absolute atomic E-state index is 0.0794. The third-order valence-corrected chi connectivity index (χ3v) is 4.44. The van der Waals surface area contributed by atoms with Gasteiger partial charge in [0.05, 0.1) is 17.9 Å². The lowest BCUT2D eigenvalue weighted by Crippen LogP contribution is -2.15. The van der Waals surface area contributed by atoms with E-state index in [1.165, 1.54) is 12.8 Å². The molecule has 1 unspecified atom stereocenters. The first-order valence-electron chi connectivity index (χ1n) is 9.16. The lowest BCUT2D eigenvalue weighted by atomic mass is 10.2. The molecule has 1 aliphatic carbocycles. The van der Waals surface area contributed by atoms with E-state index in [1.54, 1.807) is 6.92 Å². The predicted octanol–water partition coefficient (Wildman–Crippen LogP) is 3.62. The third kappa shape index (κ3) is 4.05. The number of pyridine rings is 1. The summed E-state index contributed by atoms with van der Waals surface area (Å²) in [6.07, 6.45) is 3.92. The van der Waals surface area contributed by atoms with E-state index in [-0.39, 0.29) is 11.6 Å². The largest absolute Gasteiger partial charge is 0.346 e. The topological polar surface area (TPSA) is 104 Å². The van der Waals surface area contributed by atoms with Crippen LogP contribution in [0.5, 0.6) is 0 Å². The van der Waals surface area contributed by atoms with Crippen molar-refractivity contribution in [2.24, 2.45) is 0 Å². The van der Waals surface area contributed by atoms with Gasteiger partial charge in [0.1, 0.15) is 17.5 Å². The van der Waals surface area contributed by atoms with Gasteiger partial charge in [0.2, 0.25) is 11.9 Å². The number of rotatable bonds is 7. The smallest absolute Gasteiger partial charge is 0.233 e. The van der Waals surface area contributed by atoms with Crippen LogP contribution in [0.25, 0.3) is 0 Å². The van der Waals surface area contributed by atoms with Gasteiger partial charge in [-0.15, -0.1) is 0 Å². The monoisotopic (exact) mass is 386 g/mol. The number of nitrogens with zero attached hydrogens (tertiary/aromatic N) is 5. The number of aromatic nitrogens is 6. The first kappa shape index (κ1) is 18.2. The van der Waals surface area contributed by atoms with E-state index in [1.807, 2.05) is 13.0 Å². The van der Waals surface area contributed by atoms with Gasteiger partial charge in [-0.2, -0.15) is 20.1 Å². The lowest BCUT2D eigenvalue weighted by Gasteiger charge is -2.15. The zero-order valence-corrected chi connectivity index (χ0v) is 15.5. The van der Waals surface area contributed by atoms with Crippen molar-refractivity contribution in [2.45, 2.75) is 45.1 Å². The van der Waals surface area contributed by atoms with Gasteiger partial charge in [0, 0.05) is 30.2 Å². The molecule has 1 aliphatic rings. The highest BCUT2D eigenvalue weighted by Gasteiger charge is 2.25. The summed E-state index contributed by atoms with van der Waals surface area (Å²) < 4.78 is 27.0. The fourth-order valence-electron chi connectivity index (χ4n) is 2.82. The summed E-state index contributed by atoms with van der Waals surface area (Å²) in [6, 6.07) is 2.18. The molecule has 0 aliphatic heterocycles. The van der Waals surface area contributed by atoms with Gasteiger partial charge in [0.25, 0.3) is 0 Å². The molecular weight excluding hydrogens is 366 g/mol. The van der Waals surface area contributed by atoms with Crippen molar-refractivity contribution in [1.82, 2.24) is 30.1 Å². The van der Waals surface area contributed by atoms with Gasteiger partial charge in [-0.1, -0.05) is 6.92 Å². The fraction of sp³-hybridized carbons (Fsp3) is 0.389. The van der Waals surface area contributed by atoms with Crippen molar-refractivity contribution < 1.29 is 8.78 Å². The highest BCUT2D eigenvalue weighted by Crippen LogP contribution is 2.39. The minimum Gasteiger partial charge on any atom is -0.346 e. The van der Waals surface area contributed by atoms with Gasteiger partial charge in [-0.05, 0) is 19.8 Å². The molecule has 3 aromatic rings. The predicted molar refractivity (Wildman–Crippen MR) is 99.2 cm³/mol. The van der Waals surface area contributed by atoms with Crippen molar-refractivity contribution in [1.29, 1.82) is 0 Å². The van der Waals surface area contributed by atoms with Crippen molar-refractivity contribution in [3.8, 4) is 0 Å². The van der Waals surface area contributed by atoms with Crippen LogP contribution in [0.15, 0.2) is 18.3 Å². The van der Waals surface area contributed by atoms with Crippen LogP contribution in [0.4, 0.5) is 26.5 Å². The van der Waals surface area contributed by atoms with E-state index >= 15 is 0 Å². The van der Waals surface area contributed by atoms with Crippen LogP contribution in [0, 0.1) is 11.6 Å². The van der Waals surface area contributed by atoms with Crippen LogP contribution in [0.1, 0.15) is 55.9 Å². The third-order valence-electron chi connectivity index (χ3n) is 4.44. The minimum atomic E-state index is -0.729. The Labute approximate surface area is 160 Å². The summed E-state index contributed by atoms with van der Waals surface area (Å²) in [5, 5.41) is 13.3. The number of aryl methyl sites for hydroxylation is 1. The Morgan fingerprint density at radius 1 is 1.18 bits per heavy atom. The molecule has 1 atom stereocenters. The molecule has 3 aromatic heterocycles. The summed E-state index contributed by atoms with van der Waals surface area (Å²) >= 11 is 0. The number of halogens is 2. The maximum atomic E-state index is 14.0. The summed E-state index contributed by atoms with van der Waals surface area (Å²) in [4.78, 5) is 16.8. The molecule has 28 heavy (non-hydrogen) atoms. The summed E-state index contributed by atoms with van der Waals surface area (Å²) in [7, 11) is 0. The molecule has 10 heteroatoms. The van der Waals surface area contributed by atoms with E-state index in [4.69, 9.17) is 0 Å². The summed E-state index contributed by atoms with van der Waals surface area (Å²) in [5.74, 6) is 0.903. The van der Waals surface area contributed by atoms with Gasteiger partial charge >= 0.3 is 0 Å². The Balaban J connectivity index is 1.53. The molecule has 0 bridgehead atoms. The Morgan fingerprint density at radius 3 is 2.68 bits per heavy atom. The molecule has 0 amide bonds. The highest BCUT2D eigenvalue weighted by atomic mass is 19.1. The van der Waals surface area contributed by atoms with E-state index in [9.17, 15) is 8.78 Å². The van der Waals surface area contributed by atoms with Gasteiger partial charge < -0.3 is 10.6 Å². The second kappa shape index (κ2) is 7.45. The Hall–Kier alpha value is -3.17. The average molecular weight is 386 g/mol. The summed E-state index contributed by atoms with van der Waals surface area (Å²) in [5.41, 5.74) is 1.17. The lowest BCUT2D eigenvalue weighted by molar-refractivity contribution is 0.549. The molecule has 3 N–H and O–H groups in total. The Morgan fingerprint density at radius 2 is 1.96 bits per heavy atom. The van der Waals surface area contributed by atoms with Crippen molar-refractivity contribution >= 4 is 17.7 Å². The molecule has 0 spiro atoms. The van der Waals surface area contributed by atoms with E-state index < -0.39 is 17.7 Å². The van der Waals surface area contributed by atoms with Crippen LogP contribution in [0.3, 0.4) is 0 Å². The van der Waals surface area contributed by atoms with Crippen molar-refractivity contribution in [3.63, 3.8) is 0 Å². The maximum absolute atomic E-state index is 14.0. The number of anilines is 3. The number of hydrogen-bond donors (Lipinski definition) is 3. The number of nitrogens with one attached hydrogen (secondary N) is 3. The molecule has 8 nitrogen and oxygen atoms in total. The molecule has 4 rings (SSSR count). The number of aromatic amines is 1. The van der Waals surface area contributed by atoms with Gasteiger partial charge in [-0.25, -0.2) is 8.78 Å². The molecular formula is C18H20F2N8. The number of H-pyrrole nitrogens is 1. The number of hydrogen-bond acceptors (Lipinski definition) is 7. The Bertz CT molecular complexity index is 985. The van der Waals surface area contributed by atoms with Crippen LogP contribution < -0.4 is 10.6 Å². The quantitative estimate of drug-likeness (QED) is 0.570. The van der Waals surface area contributed by atoms with Crippen molar-refractivity contribution in [3.05, 3.63) is 47.2 Å². The molecule has 1 fully saturated rings. The second-order valence-electron chi connectivity index (χ2n) is 6.75. The Kier molecular flexibility index (Phi) is 4.84. The first-order valence-corrected chi connectivity index (χ1v) is 9.16. The van der Waals surface area contributed by atoms with Crippen molar-refractivity contribution in [2.75, 3.05) is 10.6 Å². The molecule has 146 valence electrons. The highest BCUT2D eigenvalue weighted by molar-refractivity contribution is 5.50. The normalized spacial score (nSPS) is 14.7. The molecule has 0 saturated heterocycles. The summed E-state index contributed by atoms with van der Waals surface area (Å²) in [6.45, 7) is 3.62. The van der Waals surface area contributed by atoms with Crippen LogP contribution in [0.2, 0.25) is 0 Å². The molecule has 1 saturated carbocycles.